The highest BCUT2D eigenvalue weighted by Crippen LogP contribution is 2.34. The standard InChI is InChI=1S/C17H24N4O3S/c1-6-24-17(23)13-10(4)12-14(20-11(5)21-16(12)25-13)18-7-8-19-15(22)9(2)3/h9H,6-8H2,1-5H3,(H,19,22)(H,18,20,21). The number of carbonyl (C=O) groups excluding carboxylic acids is 2. The summed E-state index contributed by atoms with van der Waals surface area (Å²) in [5.41, 5.74) is 0.812. The number of amides is 1. The Morgan fingerprint density at radius 2 is 1.92 bits per heavy atom. The molecule has 0 aliphatic heterocycles. The van der Waals surface area contributed by atoms with Crippen molar-refractivity contribution in [3.63, 3.8) is 0 Å². The van der Waals surface area contributed by atoms with Crippen molar-refractivity contribution in [2.75, 3.05) is 25.0 Å². The van der Waals surface area contributed by atoms with Crippen molar-refractivity contribution in [2.24, 2.45) is 5.92 Å². The summed E-state index contributed by atoms with van der Waals surface area (Å²) >= 11 is 1.31. The first-order chi connectivity index (χ1) is 11.8. The number of hydrogen-bond acceptors (Lipinski definition) is 7. The molecule has 2 rings (SSSR count). The molecular weight excluding hydrogens is 340 g/mol. The van der Waals surface area contributed by atoms with Crippen LogP contribution in [0.4, 0.5) is 5.82 Å². The fourth-order valence-electron chi connectivity index (χ4n) is 2.34. The van der Waals surface area contributed by atoms with E-state index in [2.05, 4.69) is 20.6 Å². The molecule has 0 bridgehead atoms. The van der Waals surface area contributed by atoms with Gasteiger partial charge in [0.2, 0.25) is 5.91 Å². The Kier molecular flexibility index (Phi) is 6.30. The first-order valence-corrected chi connectivity index (χ1v) is 9.13. The van der Waals surface area contributed by atoms with Crippen molar-refractivity contribution in [3.8, 4) is 0 Å². The summed E-state index contributed by atoms with van der Waals surface area (Å²) in [4.78, 5) is 33.9. The van der Waals surface area contributed by atoms with Crippen molar-refractivity contribution in [1.29, 1.82) is 0 Å². The minimum atomic E-state index is -0.337. The number of aryl methyl sites for hydroxylation is 2. The molecule has 2 heterocycles. The normalized spacial score (nSPS) is 11.0. The van der Waals surface area contributed by atoms with E-state index in [-0.39, 0.29) is 17.8 Å². The first-order valence-electron chi connectivity index (χ1n) is 8.31. The Labute approximate surface area is 151 Å². The molecular formula is C17H24N4O3S. The average Bonchev–Trinajstić information content (AvgIpc) is 2.88. The zero-order chi connectivity index (χ0) is 18.6. The van der Waals surface area contributed by atoms with Gasteiger partial charge in [0.25, 0.3) is 0 Å². The predicted molar refractivity (Wildman–Crippen MR) is 99.2 cm³/mol. The molecule has 25 heavy (non-hydrogen) atoms. The number of aromatic nitrogens is 2. The number of nitrogens with zero attached hydrogens (tertiary/aromatic N) is 2. The van der Waals surface area contributed by atoms with E-state index in [0.717, 1.165) is 15.8 Å². The smallest absolute Gasteiger partial charge is 0.348 e. The molecule has 0 spiro atoms. The number of hydrogen-bond donors (Lipinski definition) is 2. The van der Waals surface area contributed by atoms with Crippen LogP contribution >= 0.6 is 11.3 Å². The molecule has 0 aliphatic carbocycles. The van der Waals surface area contributed by atoms with Gasteiger partial charge in [0.1, 0.15) is 21.3 Å². The summed E-state index contributed by atoms with van der Waals surface area (Å²) in [6, 6.07) is 0. The van der Waals surface area contributed by atoms with Crippen LogP contribution in [-0.4, -0.2) is 41.5 Å². The summed E-state index contributed by atoms with van der Waals surface area (Å²) in [6.07, 6.45) is 0. The van der Waals surface area contributed by atoms with Crippen LogP contribution < -0.4 is 10.6 Å². The van der Waals surface area contributed by atoms with Crippen LogP contribution in [0.25, 0.3) is 10.2 Å². The lowest BCUT2D eigenvalue weighted by Gasteiger charge is -2.10. The molecule has 2 N–H and O–H groups in total. The molecule has 2 aromatic rings. The van der Waals surface area contributed by atoms with Gasteiger partial charge in [0.05, 0.1) is 12.0 Å². The molecule has 0 saturated heterocycles. The van der Waals surface area contributed by atoms with Gasteiger partial charge in [-0.1, -0.05) is 13.8 Å². The molecule has 0 aromatic carbocycles. The topological polar surface area (TPSA) is 93.2 Å². The summed E-state index contributed by atoms with van der Waals surface area (Å²) in [5, 5.41) is 6.92. The van der Waals surface area contributed by atoms with Gasteiger partial charge in [-0.25, -0.2) is 14.8 Å². The second kappa shape index (κ2) is 8.24. The fourth-order valence-corrected chi connectivity index (χ4v) is 3.46. The maximum Gasteiger partial charge on any atom is 0.348 e. The van der Waals surface area contributed by atoms with Gasteiger partial charge >= 0.3 is 5.97 Å². The lowest BCUT2D eigenvalue weighted by atomic mass is 10.2. The minimum absolute atomic E-state index is 0.0159. The van der Waals surface area contributed by atoms with E-state index in [1.54, 1.807) is 6.92 Å². The molecule has 0 aliphatic rings. The molecule has 0 atom stereocenters. The Morgan fingerprint density at radius 3 is 2.56 bits per heavy atom. The quantitative estimate of drug-likeness (QED) is 0.579. The summed E-state index contributed by atoms with van der Waals surface area (Å²) in [5.74, 6) is 0.931. The van der Waals surface area contributed by atoms with E-state index in [9.17, 15) is 9.59 Å². The number of nitrogens with one attached hydrogen (secondary N) is 2. The van der Waals surface area contributed by atoms with Crippen molar-refractivity contribution < 1.29 is 14.3 Å². The number of esters is 1. The van der Waals surface area contributed by atoms with Gasteiger partial charge in [-0.2, -0.15) is 0 Å². The Bertz CT molecular complexity index is 786. The van der Waals surface area contributed by atoms with E-state index in [4.69, 9.17) is 4.74 Å². The van der Waals surface area contributed by atoms with Crippen LogP contribution in [0.15, 0.2) is 0 Å². The third kappa shape index (κ3) is 4.45. The third-order valence-electron chi connectivity index (χ3n) is 3.60. The van der Waals surface area contributed by atoms with Crippen molar-refractivity contribution >= 4 is 39.2 Å². The van der Waals surface area contributed by atoms with Crippen molar-refractivity contribution in [2.45, 2.75) is 34.6 Å². The number of carbonyl (C=O) groups is 2. The van der Waals surface area contributed by atoms with Gasteiger partial charge in [-0.05, 0) is 26.3 Å². The molecule has 0 unspecified atom stereocenters. The molecule has 2 aromatic heterocycles. The van der Waals surface area contributed by atoms with Gasteiger partial charge in [0.15, 0.2) is 0 Å². The van der Waals surface area contributed by atoms with Crippen molar-refractivity contribution in [1.82, 2.24) is 15.3 Å². The Morgan fingerprint density at radius 1 is 1.20 bits per heavy atom. The van der Waals surface area contributed by atoms with Crippen LogP contribution in [0.5, 0.6) is 0 Å². The highest BCUT2D eigenvalue weighted by molar-refractivity contribution is 7.20. The van der Waals surface area contributed by atoms with Crippen LogP contribution in [0.1, 0.15) is 41.8 Å². The lowest BCUT2D eigenvalue weighted by Crippen LogP contribution is -2.32. The molecule has 8 heteroatoms. The Balaban J connectivity index is 2.21. The highest BCUT2D eigenvalue weighted by atomic mass is 32.1. The summed E-state index contributed by atoms with van der Waals surface area (Å²) in [7, 11) is 0. The van der Waals surface area contributed by atoms with E-state index >= 15 is 0 Å². The molecule has 7 nitrogen and oxygen atoms in total. The monoisotopic (exact) mass is 364 g/mol. The fraction of sp³-hybridized carbons (Fsp3) is 0.529. The van der Waals surface area contributed by atoms with Crippen LogP contribution in [0, 0.1) is 19.8 Å². The third-order valence-corrected chi connectivity index (χ3v) is 4.77. The van der Waals surface area contributed by atoms with Gasteiger partial charge in [-0.15, -0.1) is 11.3 Å². The number of thiophene rings is 1. The maximum absolute atomic E-state index is 12.1. The number of ether oxygens (including phenoxy) is 1. The van der Waals surface area contributed by atoms with Gasteiger partial charge in [-0.3, -0.25) is 4.79 Å². The van der Waals surface area contributed by atoms with Crippen LogP contribution in [-0.2, 0) is 9.53 Å². The zero-order valence-electron chi connectivity index (χ0n) is 15.2. The number of rotatable bonds is 7. The second-order valence-corrected chi connectivity index (χ2v) is 6.95. The van der Waals surface area contributed by atoms with Gasteiger partial charge < -0.3 is 15.4 Å². The van der Waals surface area contributed by atoms with E-state index in [1.807, 2.05) is 27.7 Å². The van der Waals surface area contributed by atoms with E-state index in [1.165, 1.54) is 11.3 Å². The Hall–Kier alpha value is -2.22. The summed E-state index contributed by atoms with van der Waals surface area (Å²) < 4.78 is 5.11. The number of fused-ring (bicyclic) bond motifs is 1. The largest absolute Gasteiger partial charge is 0.462 e. The van der Waals surface area contributed by atoms with E-state index < -0.39 is 0 Å². The lowest BCUT2D eigenvalue weighted by molar-refractivity contribution is -0.123. The summed E-state index contributed by atoms with van der Waals surface area (Å²) in [6.45, 7) is 10.5. The second-order valence-electron chi connectivity index (χ2n) is 5.95. The molecule has 0 radical (unpaired) electrons. The van der Waals surface area contributed by atoms with Crippen molar-refractivity contribution in [3.05, 3.63) is 16.3 Å². The van der Waals surface area contributed by atoms with Crippen LogP contribution in [0.3, 0.4) is 0 Å². The highest BCUT2D eigenvalue weighted by Gasteiger charge is 2.20. The maximum atomic E-state index is 12.1. The SMILES string of the molecule is CCOC(=O)c1sc2nc(C)nc(NCCNC(=O)C(C)C)c2c1C. The average molecular weight is 364 g/mol. The van der Waals surface area contributed by atoms with E-state index in [0.29, 0.717) is 36.2 Å². The molecule has 0 fully saturated rings. The molecule has 136 valence electrons. The van der Waals surface area contributed by atoms with Gasteiger partial charge in [0, 0.05) is 19.0 Å². The predicted octanol–water partition coefficient (Wildman–Crippen LogP) is 2.67. The minimum Gasteiger partial charge on any atom is -0.462 e. The number of anilines is 1. The molecule has 0 saturated carbocycles. The van der Waals surface area contributed by atoms with Crippen LogP contribution in [0.2, 0.25) is 0 Å². The first kappa shape index (κ1) is 19.1. The molecule has 1 amide bonds. The zero-order valence-corrected chi connectivity index (χ0v) is 16.0.